The molecule has 0 radical (unpaired) electrons. The fourth-order valence-electron chi connectivity index (χ4n) is 4.01. The summed E-state index contributed by atoms with van der Waals surface area (Å²) in [6.07, 6.45) is 12.6. The van der Waals surface area contributed by atoms with Gasteiger partial charge in [-0.3, -0.25) is 0 Å². The van der Waals surface area contributed by atoms with E-state index in [2.05, 4.69) is 58.9 Å². The van der Waals surface area contributed by atoms with E-state index in [-0.39, 0.29) is 5.92 Å². The van der Waals surface area contributed by atoms with Crippen LogP contribution in [0.5, 0.6) is 0 Å². The second kappa shape index (κ2) is 16.8. The minimum atomic E-state index is -0.989. The molecule has 1 rings (SSSR count). The molecular formula is C27H48O3. The summed E-state index contributed by atoms with van der Waals surface area (Å²) in [5.74, 6) is -0.902. The summed E-state index contributed by atoms with van der Waals surface area (Å²) in [6.45, 7) is 12.9. The zero-order valence-electron chi connectivity index (χ0n) is 20.5. The van der Waals surface area contributed by atoms with Crippen LogP contribution in [0.2, 0.25) is 0 Å². The van der Waals surface area contributed by atoms with Gasteiger partial charge in [-0.2, -0.15) is 0 Å². The van der Waals surface area contributed by atoms with Gasteiger partial charge in [0.05, 0.1) is 25.7 Å². The van der Waals surface area contributed by atoms with Crippen LogP contribution < -0.4 is 0 Å². The van der Waals surface area contributed by atoms with Gasteiger partial charge in [-0.25, -0.2) is 0 Å². The molecule has 3 nitrogen and oxygen atoms in total. The molecule has 0 N–H and O–H groups in total. The monoisotopic (exact) mass is 420 g/mol. The van der Waals surface area contributed by atoms with E-state index in [9.17, 15) is 0 Å². The number of hydrogen-bond acceptors (Lipinski definition) is 3. The average Bonchev–Trinajstić information content (AvgIpc) is 2.79. The highest BCUT2D eigenvalue weighted by Gasteiger charge is 2.44. The Bertz CT molecular complexity index is 507. The molecule has 0 saturated heterocycles. The SMILES string of the molecule is CCCCCCCCC(c1ccccc1CC)C(OCCC)(OCCC)OCCC. The van der Waals surface area contributed by atoms with Crippen molar-refractivity contribution in [2.24, 2.45) is 0 Å². The summed E-state index contributed by atoms with van der Waals surface area (Å²) in [5.41, 5.74) is 2.70. The molecule has 0 aromatic heterocycles. The van der Waals surface area contributed by atoms with Crippen LogP contribution in [0.1, 0.15) is 116 Å². The molecule has 0 amide bonds. The standard InChI is InChI=1S/C27H48O3/c1-6-11-12-13-14-15-20-26(25-19-17-16-18-24(25)10-5)27(28-21-7-2,29-22-8-3)30-23-9-4/h16-19,26H,6-15,20-23H2,1-5H3. The van der Waals surface area contributed by atoms with Crippen LogP contribution in [0.4, 0.5) is 0 Å². The number of ether oxygens (including phenoxy) is 3. The maximum absolute atomic E-state index is 6.45. The molecule has 0 bridgehead atoms. The van der Waals surface area contributed by atoms with Crippen molar-refractivity contribution in [2.45, 2.75) is 117 Å². The molecule has 1 aromatic rings. The first-order valence-electron chi connectivity index (χ1n) is 12.7. The maximum atomic E-state index is 6.45. The lowest BCUT2D eigenvalue weighted by Gasteiger charge is -2.40. The molecule has 0 heterocycles. The first-order chi connectivity index (χ1) is 14.7. The summed E-state index contributed by atoms with van der Waals surface area (Å²) in [5, 5.41) is 0. The van der Waals surface area contributed by atoms with E-state index in [0.717, 1.165) is 32.1 Å². The van der Waals surface area contributed by atoms with E-state index in [1.807, 2.05) is 0 Å². The van der Waals surface area contributed by atoms with Crippen molar-refractivity contribution in [1.29, 1.82) is 0 Å². The molecule has 174 valence electrons. The van der Waals surface area contributed by atoms with E-state index in [1.54, 1.807) is 0 Å². The first kappa shape index (κ1) is 27.1. The summed E-state index contributed by atoms with van der Waals surface area (Å²) < 4.78 is 19.4. The van der Waals surface area contributed by atoms with Crippen molar-refractivity contribution in [2.75, 3.05) is 19.8 Å². The number of aryl methyl sites for hydroxylation is 1. The van der Waals surface area contributed by atoms with Gasteiger partial charge >= 0.3 is 0 Å². The second-order valence-corrected chi connectivity index (χ2v) is 8.31. The molecule has 0 aliphatic heterocycles. The van der Waals surface area contributed by atoms with Crippen molar-refractivity contribution in [3.63, 3.8) is 0 Å². The third-order valence-corrected chi connectivity index (χ3v) is 5.61. The number of benzene rings is 1. The van der Waals surface area contributed by atoms with Crippen LogP contribution in [0.15, 0.2) is 24.3 Å². The quantitative estimate of drug-likeness (QED) is 0.167. The van der Waals surface area contributed by atoms with Crippen molar-refractivity contribution < 1.29 is 14.2 Å². The molecule has 0 fully saturated rings. The Labute approximate surface area is 186 Å². The largest absolute Gasteiger partial charge is 0.327 e. The second-order valence-electron chi connectivity index (χ2n) is 8.31. The fraction of sp³-hybridized carbons (Fsp3) is 0.778. The normalized spacial score (nSPS) is 13.0. The van der Waals surface area contributed by atoms with Crippen molar-refractivity contribution >= 4 is 0 Å². The van der Waals surface area contributed by atoms with Gasteiger partial charge in [-0.15, -0.1) is 0 Å². The van der Waals surface area contributed by atoms with Crippen LogP contribution in [0, 0.1) is 0 Å². The van der Waals surface area contributed by atoms with Crippen LogP contribution in [0.3, 0.4) is 0 Å². The molecule has 1 unspecified atom stereocenters. The summed E-state index contributed by atoms with van der Waals surface area (Å²) in [4.78, 5) is 0. The Morgan fingerprint density at radius 3 is 1.73 bits per heavy atom. The van der Waals surface area contributed by atoms with Gasteiger partial charge in [0, 0.05) is 0 Å². The molecule has 3 heteroatoms. The number of rotatable bonds is 19. The lowest BCUT2D eigenvalue weighted by molar-refractivity contribution is -0.392. The number of unbranched alkanes of at least 4 members (excludes halogenated alkanes) is 5. The smallest absolute Gasteiger partial charge is 0.290 e. The molecule has 0 aliphatic carbocycles. The predicted molar refractivity (Wildman–Crippen MR) is 128 cm³/mol. The Morgan fingerprint density at radius 2 is 1.20 bits per heavy atom. The third kappa shape index (κ3) is 9.08. The average molecular weight is 421 g/mol. The lowest BCUT2D eigenvalue weighted by atomic mass is 9.86. The molecular weight excluding hydrogens is 372 g/mol. The summed E-state index contributed by atoms with van der Waals surface area (Å²) in [7, 11) is 0. The Hall–Kier alpha value is -0.900. The Kier molecular flexibility index (Phi) is 15.2. The summed E-state index contributed by atoms with van der Waals surface area (Å²) in [6, 6.07) is 8.79. The van der Waals surface area contributed by atoms with Crippen molar-refractivity contribution in [3.05, 3.63) is 35.4 Å². The van der Waals surface area contributed by atoms with Crippen molar-refractivity contribution in [3.8, 4) is 0 Å². The highest BCUT2D eigenvalue weighted by atomic mass is 16.9. The van der Waals surface area contributed by atoms with Crippen LogP contribution >= 0.6 is 0 Å². The Balaban J connectivity index is 3.20. The van der Waals surface area contributed by atoms with Gasteiger partial charge in [0.25, 0.3) is 5.97 Å². The van der Waals surface area contributed by atoms with Gasteiger partial charge < -0.3 is 14.2 Å². The fourth-order valence-corrected chi connectivity index (χ4v) is 4.01. The Morgan fingerprint density at radius 1 is 0.667 bits per heavy atom. The number of hydrogen-bond donors (Lipinski definition) is 0. The minimum Gasteiger partial charge on any atom is -0.327 e. The van der Waals surface area contributed by atoms with Gasteiger partial charge in [-0.1, -0.05) is 97.4 Å². The molecule has 0 spiro atoms. The molecule has 1 aromatic carbocycles. The predicted octanol–water partition coefficient (Wildman–Crippen LogP) is 8.02. The van der Waals surface area contributed by atoms with E-state index in [1.165, 1.54) is 49.7 Å². The van der Waals surface area contributed by atoms with E-state index in [4.69, 9.17) is 14.2 Å². The maximum Gasteiger partial charge on any atom is 0.290 e. The molecule has 1 atom stereocenters. The zero-order valence-corrected chi connectivity index (χ0v) is 20.5. The topological polar surface area (TPSA) is 27.7 Å². The molecule has 0 saturated carbocycles. The van der Waals surface area contributed by atoms with Crippen LogP contribution in [-0.2, 0) is 20.6 Å². The highest BCUT2D eigenvalue weighted by Crippen LogP contribution is 2.40. The van der Waals surface area contributed by atoms with Crippen LogP contribution in [0.25, 0.3) is 0 Å². The van der Waals surface area contributed by atoms with Crippen LogP contribution in [-0.4, -0.2) is 25.8 Å². The minimum absolute atomic E-state index is 0.0875. The van der Waals surface area contributed by atoms with Gasteiger partial charge in [0.2, 0.25) is 0 Å². The highest BCUT2D eigenvalue weighted by molar-refractivity contribution is 5.31. The van der Waals surface area contributed by atoms with E-state index in [0.29, 0.717) is 19.8 Å². The third-order valence-electron chi connectivity index (χ3n) is 5.61. The molecule has 30 heavy (non-hydrogen) atoms. The lowest BCUT2D eigenvalue weighted by Crippen LogP contribution is -2.46. The van der Waals surface area contributed by atoms with Gasteiger partial charge in [0.15, 0.2) is 0 Å². The summed E-state index contributed by atoms with van der Waals surface area (Å²) >= 11 is 0. The molecule has 0 aliphatic rings. The van der Waals surface area contributed by atoms with E-state index < -0.39 is 5.97 Å². The van der Waals surface area contributed by atoms with Gasteiger partial charge in [0.1, 0.15) is 0 Å². The van der Waals surface area contributed by atoms with E-state index >= 15 is 0 Å². The van der Waals surface area contributed by atoms with Gasteiger partial charge in [-0.05, 0) is 43.2 Å². The van der Waals surface area contributed by atoms with Crippen molar-refractivity contribution in [1.82, 2.24) is 0 Å². The first-order valence-corrected chi connectivity index (χ1v) is 12.7. The zero-order chi connectivity index (χ0) is 22.1.